The van der Waals surface area contributed by atoms with Crippen molar-refractivity contribution in [3.8, 4) is 0 Å². The zero-order valence-corrected chi connectivity index (χ0v) is 9.37. The first-order valence-electron chi connectivity index (χ1n) is 4.79. The highest BCUT2D eigenvalue weighted by molar-refractivity contribution is 6.30. The monoisotopic (exact) mass is 254 g/mol. The minimum absolute atomic E-state index is 0.1000. The number of rotatable bonds is 3. The third-order valence-electron chi connectivity index (χ3n) is 2.09. The molecular formula is C11H8ClFN2O2. The summed E-state index contributed by atoms with van der Waals surface area (Å²) in [6.07, 6.45) is 1.46. The van der Waals surface area contributed by atoms with Crippen molar-refractivity contribution in [3.63, 3.8) is 0 Å². The highest BCUT2D eigenvalue weighted by Crippen LogP contribution is 2.14. The minimum atomic E-state index is -0.621. The zero-order valence-electron chi connectivity index (χ0n) is 8.61. The molecule has 0 aliphatic rings. The molecule has 1 aromatic carbocycles. The molecule has 17 heavy (non-hydrogen) atoms. The maximum absolute atomic E-state index is 13.3. The molecule has 0 bridgehead atoms. The van der Waals surface area contributed by atoms with Crippen molar-refractivity contribution in [2.75, 3.05) is 0 Å². The van der Waals surface area contributed by atoms with E-state index in [4.69, 9.17) is 16.1 Å². The Morgan fingerprint density at radius 2 is 2.29 bits per heavy atom. The maximum Gasteiger partial charge on any atom is 0.254 e. The minimum Gasteiger partial charge on any atom is -0.360 e. The van der Waals surface area contributed by atoms with E-state index in [2.05, 4.69) is 10.5 Å². The number of nitrogens with zero attached hydrogens (tertiary/aromatic N) is 1. The van der Waals surface area contributed by atoms with Crippen molar-refractivity contribution < 1.29 is 13.7 Å². The third-order valence-corrected chi connectivity index (χ3v) is 2.32. The van der Waals surface area contributed by atoms with E-state index in [-0.39, 0.29) is 12.1 Å². The molecule has 1 amide bonds. The lowest BCUT2D eigenvalue weighted by molar-refractivity contribution is 0.0943. The van der Waals surface area contributed by atoms with Crippen molar-refractivity contribution >= 4 is 17.5 Å². The second-order valence-corrected chi connectivity index (χ2v) is 3.72. The molecule has 6 heteroatoms. The SMILES string of the molecule is O=C(NCc1ccno1)c1cc(Cl)ccc1F. The summed E-state index contributed by atoms with van der Waals surface area (Å²) < 4.78 is 18.1. The van der Waals surface area contributed by atoms with Gasteiger partial charge in [-0.1, -0.05) is 16.8 Å². The van der Waals surface area contributed by atoms with Gasteiger partial charge in [-0.05, 0) is 18.2 Å². The van der Waals surface area contributed by atoms with Crippen LogP contribution in [-0.4, -0.2) is 11.1 Å². The van der Waals surface area contributed by atoms with Crippen LogP contribution in [-0.2, 0) is 6.54 Å². The van der Waals surface area contributed by atoms with Crippen molar-refractivity contribution in [1.29, 1.82) is 0 Å². The molecule has 0 radical (unpaired) electrons. The van der Waals surface area contributed by atoms with Crippen molar-refractivity contribution in [1.82, 2.24) is 10.5 Å². The van der Waals surface area contributed by atoms with Gasteiger partial charge in [0.15, 0.2) is 5.76 Å². The first-order valence-corrected chi connectivity index (χ1v) is 5.17. The number of aromatic nitrogens is 1. The van der Waals surface area contributed by atoms with Crippen LogP contribution in [0.25, 0.3) is 0 Å². The normalized spacial score (nSPS) is 10.2. The first-order chi connectivity index (χ1) is 8.16. The summed E-state index contributed by atoms with van der Waals surface area (Å²) in [5.41, 5.74) is -0.1000. The Labute approximate surface area is 101 Å². The van der Waals surface area contributed by atoms with Gasteiger partial charge < -0.3 is 9.84 Å². The van der Waals surface area contributed by atoms with E-state index < -0.39 is 11.7 Å². The zero-order chi connectivity index (χ0) is 12.3. The summed E-state index contributed by atoms with van der Waals surface area (Å²) in [7, 11) is 0. The Bertz CT molecular complexity index is 528. The number of halogens is 2. The van der Waals surface area contributed by atoms with Gasteiger partial charge in [-0.15, -0.1) is 0 Å². The van der Waals surface area contributed by atoms with Crippen LogP contribution in [0.4, 0.5) is 4.39 Å². The second kappa shape index (κ2) is 4.97. The van der Waals surface area contributed by atoms with Crippen LogP contribution < -0.4 is 5.32 Å². The van der Waals surface area contributed by atoms with Gasteiger partial charge in [0.2, 0.25) is 0 Å². The van der Waals surface area contributed by atoms with E-state index in [0.29, 0.717) is 10.8 Å². The molecule has 0 saturated carbocycles. The van der Waals surface area contributed by atoms with Gasteiger partial charge in [-0.3, -0.25) is 4.79 Å². The Balaban J connectivity index is 2.07. The molecule has 88 valence electrons. The van der Waals surface area contributed by atoms with Gasteiger partial charge in [0, 0.05) is 11.1 Å². The smallest absolute Gasteiger partial charge is 0.254 e. The van der Waals surface area contributed by atoms with Crippen molar-refractivity contribution in [2.45, 2.75) is 6.54 Å². The lowest BCUT2D eigenvalue weighted by atomic mass is 10.2. The molecule has 4 nitrogen and oxygen atoms in total. The Hall–Kier alpha value is -1.88. The quantitative estimate of drug-likeness (QED) is 0.915. The number of amides is 1. The topological polar surface area (TPSA) is 55.1 Å². The summed E-state index contributed by atoms with van der Waals surface area (Å²) >= 11 is 5.69. The van der Waals surface area contributed by atoms with Gasteiger partial charge in [0.25, 0.3) is 5.91 Å². The standard InChI is InChI=1S/C11H8ClFN2O2/c12-7-1-2-10(13)9(5-7)11(16)14-6-8-3-4-15-17-8/h1-5H,6H2,(H,14,16). The van der Waals surface area contributed by atoms with Gasteiger partial charge in [0.1, 0.15) is 5.82 Å². The predicted molar refractivity (Wildman–Crippen MR) is 59.1 cm³/mol. The van der Waals surface area contributed by atoms with Gasteiger partial charge in [-0.25, -0.2) is 4.39 Å². The Morgan fingerprint density at radius 1 is 1.47 bits per heavy atom. The number of hydrogen-bond donors (Lipinski definition) is 1. The van der Waals surface area contributed by atoms with Gasteiger partial charge in [-0.2, -0.15) is 0 Å². The fraction of sp³-hybridized carbons (Fsp3) is 0.0909. The van der Waals surface area contributed by atoms with E-state index >= 15 is 0 Å². The molecule has 1 heterocycles. The average molecular weight is 255 g/mol. The Kier molecular flexibility index (Phi) is 3.39. The predicted octanol–water partition coefficient (Wildman–Crippen LogP) is 2.40. The van der Waals surface area contributed by atoms with Gasteiger partial charge in [0.05, 0.1) is 18.3 Å². The number of carbonyl (C=O) groups is 1. The summed E-state index contributed by atoms with van der Waals surface area (Å²) in [4.78, 5) is 11.6. The lowest BCUT2D eigenvalue weighted by Gasteiger charge is -2.04. The fourth-order valence-electron chi connectivity index (χ4n) is 1.27. The first kappa shape index (κ1) is 11.6. The molecule has 0 saturated heterocycles. The highest BCUT2D eigenvalue weighted by Gasteiger charge is 2.12. The van der Waals surface area contributed by atoms with Gasteiger partial charge >= 0.3 is 0 Å². The van der Waals surface area contributed by atoms with E-state index in [9.17, 15) is 9.18 Å². The van der Waals surface area contributed by atoms with E-state index in [0.717, 1.165) is 6.07 Å². The van der Waals surface area contributed by atoms with Crippen LogP contribution in [0.15, 0.2) is 35.0 Å². The molecule has 1 N–H and O–H groups in total. The molecule has 0 aliphatic carbocycles. The molecule has 0 fully saturated rings. The third kappa shape index (κ3) is 2.82. The molecule has 0 unspecified atom stereocenters. The van der Waals surface area contributed by atoms with Crippen LogP contribution >= 0.6 is 11.6 Å². The molecule has 2 aromatic rings. The Morgan fingerprint density at radius 3 is 3.00 bits per heavy atom. The number of nitrogens with one attached hydrogen (secondary N) is 1. The lowest BCUT2D eigenvalue weighted by Crippen LogP contribution is -2.23. The highest BCUT2D eigenvalue weighted by atomic mass is 35.5. The van der Waals surface area contributed by atoms with Crippen LogP contribution in [0.1, 0.15) is 16.1 Å². The largest absolute Gasteiger partial charge is 0.360 e. The molecule has 0 spiro atoms. The summed E-state index contributed by atoms with van der Waals surface area (Å²) in [5, 5.41) is 6.28. The summed E-state index contributed by atoms with van der Waals surface area (Å²) in [6.45, 7) is 0.144. The number of carbonyl (C=O) groups excluding carboxylic acids is 1. The molecule has 1 aromatic heterocycles. The van der Waals surface area contributed by atoms with Crippen LogP contribution in [0.2, 0.25) is 5.02 Å². The molecule has 0 aliphatic heterocycles. The van der Waals surface area contributed by atoms with Crippen LogP contribution in [0, 0.1) is 5.82 Å². The molecule has 2 rings (SSSR count). The number of hydrogen-bond acceptors (Lipinski definition) is 3. The average Bonchev–Trinajstić information content (AvgIpc) is 2.82. The van der Waals surface area contributed by atoms with E-state index in [1.807, 2.05) is 0 Å². The molecular weight excluding hydrogens is 247 g/mol. The summed E-state index contributed by atoms with van der Waals surface area (Å²) in [5.74, 6) is -0.688. The van der Waals surface area contributed by atoms with Crippen molar-refractivity contribution in [2.24, 2.45) is 0 Å². The molecule has 0 atom stereocenters. The van der Waals surface area contributed by atoms with E-state index in [1.165, 1.54) is 18.3 Å². The second-order valence-electron chi connectivity index (χ2n) is 3.29. The van der Waals surface area contributed by atoms with E-state index in [1.54, 1.807) is 6.07 Å². The van der Waals surface area contributed by atoms with Crippen molar-refractivity contribution in [3.05, 3.63) is 52.6 Å². The van der Waals surface area contributed by atoms with Crippen LogP contribution in [0.3, 0.4) is 0 Å². The van der Waals surface area contributed by atoms with Crippen LogP contribution in [0.5, 0.6) is 0 Å². The maximum atomic E-state index is 13.3. The summed E-state index contributed by atoms with van der Waals surface area (Å²) in [6, 6.07) is 5.40. The fourth-order valence-corrected chi connectivity index (χ4v) is 1.44. The number of benzene rings is 1.